The molecule has 1 fully saturated rings. The van der Waals surface area contributed by atoms with Crippen LogP contribution in [0.1, 0.15) is 6.92 Å². The number of fused-ring (bicyclic) bond motifs is 1. The average molecular weight is 338 g/mol. The molecule has 1 aliphatic heterocycles. The summed E-state index contributed by atoms with van der Waals surface area (Å²) in [6, 6.07) is 14.0. The normalized spacial score (nSPS) is 20.5. The predicted molar refractivity (Wildman–Crippen MR) is 93.1 cm³/mol. The van der Waals surface area contributed by atoms with Crippen LogP contribution in [0.25, 0.3) is 22.2 Å². The first-order valence-corrected chi connectivity index (χ1v) is 8.17. The number of carbonyl (C=O) groups is 1. The maximum absolute atomic E-state index is 12.3. The van der Waals surface area contributed by atoms with Crippen LogP contribution in [0.2, 0.25) is 0 Å². The number of hydrogen-bond donors (Lipinski definition) is 2. The molecule has 2 atom stereocenters. The Kier molecular flexibility index (Phi) is 4.17. The molecule has 1 amide bonds. The smallest absolute Gasteiger partial charge is 0.258 e. The SMILES string of the molecule is C[C@@H]1OCCO[C@@H]1C(=O)Nc1n[nH]c(-c2cccc3ccccc23)n1. The Morgan fingerprint density at radius 3 is 2.84 bits per heavy atom. The standard InChI is InChI=1S/C18H18N4O3/c1-11-15(25-10-9-24-11)17(23)20-18-19-16(21-22-18)14-8-4-6-12-5-2-3-7-13(12)14/h2-8,11,15H,9-10H2,1H3,(H2,19,20,21,22,23)/t11-,15-/m0/s1. The van der Waals surface area contributed by atoms with Crippen LogP contribution in [0.15, 0.2) is 42.5 Å². The van der Waals surface area contributed by atoms with Gasteiger partial charge in [-0.3, -0.25) is 15.2 Å². The fraction of sp³-hybridized carbons (Fsp3) is 0.278. The van der Waals surface area contributed by atoms with Gasteiger partial charge in [-0.2, -0.15) is 4.98 Å². The molecular formula is C18H18N4O3. The van der Waals surface area contributed by atoms with E-state index < -0.39 is 6.10 Å². The number of anilines is 1. The summed E-state index contributed by atoms with van der Waals surface area (Å²) in [5.74, 6) is 0.505. The number of nitrogens with zero attached hydrogens (tertiary/aromatic N) is 2. The Morgan fingerprint density at radius 2 is 1.96 bits per heavy atom. The first-order valence-electron chi connectivity index (χ1n) is 8.17. The van der Waals surface area contributed by atoms with Gasteiger partial charge in [-0.05, 0) is 17.7 Å². The fourth-order valence-electron chi connectivity index (χ4n) is 2.97. The van der Waals surface area contributed by atoms with Crippen molar-refractivity contribution in [3.8, 4) is 11.4 Å². The van der Waals surface area contributed by atoms with Gasteiger partial charge in [-0.15, -0.1) is 5.10 Å². The minimum absolute atomic E-state index is 0.217. The molecule has 7 nitrogen and oxygen atoms in total. The molecule has 3 aromatic rings. The fourth-order valence-corrected chi connectivity index (χ4v) is 2.97. The van der Waals surface area contributed by atoms with Gasteiger partial charge in [0.1, 0.15) is 0 Å². The Labute approximate surface area is 144 Å². The van der Waals surface area contributed by atoms with Crippen molar-refractivity contribution in [2.45, 2.75) is 19.1 Å². The van der Waals surface area contributed by atoms with Crippen molar-refractivity contribution in [3.63, 3.8) is 0 Å². The minimum atomic E-state index is -0.659. The minimum Gasteiger partial charge on any atom is -0.373 e. The van der Waals surface area contributed by atoms with E-state index in [9.17, 15) is 4.79 Å². The predicted octanol–water partition coefficient (Wildman–Crippen LogP) is 2.37. The zero-order valence-corrected chi connectivity index (χ0v) is 13.7. The summed E-state index contributed by atoms with van der Waals surface area (Å²) >= 11 is 0. The highest BCUT2D eigenvalue weighted by Gasteiger charge is 2.30. The molecule has 0 bridgehead atoms. The number of ether oxygens (including phenoxy) is 2. The van der Waals surface area contributed by atoms with Gasteiger partial charge < -0.3 is 9.47 Å². The zero-order chi connectivity index (χ0) is 17.2. The second-order valence-electron chi connectivity index (χ2n) is 5.89. The molecule has 1 aromatic heterocycles. The molecule has 1 aliphatic rings. The highest BCUT2D eigenvalue weighted by Crippen LogP contribution is 2.26. The molecule has 0 aliphatic carbocycles. The van der Waals surface area contributed by atoms with Crippen LogP contribution in [0.5, 0.6) is 0 Å². The monoisotopic (exact) mass is 338 g/mol. The second-order valence-corrected chi connectivity index (χ2v) is 5.89. The number of nitrogens with one attached hydrogen (secondary N) is 2. The van der Waals surface area contributed by atoms with Gasteiger partial charge in [0.2, 0.25) is 5.95 Å². The first-order chi connectivity index (χ1) is 12.2. The summed E-state index contributed by atoms with van der Waals surface area (Å²) in [5, 5.41) is 11.8. The van der Waals surface area contributed by atoms with Gasteiger partial charge in [-0.25, -0.2) is 0 Å². The molecule has 2 heterocycles. The van der Waals surface area contributed by atoms with E-state index in [-0.39, 0.29) is 18.0 Å². The zero-order valence-electron chi connectivity index (χ0n) is 13.7. The lowest BCUT2D eigenvalue weighted by atomic mass is 10.0. The van der Waals surface area contributed by atoms with Crippen molar-refractivity contribution in [1.29, 1.82) is 0 Å². The van der Waals surface area contributed by atoms with E-state index in [4.69, 9.17) is 9.47 Å². The summed E-state index contributed by atoms with van der Waals surface area (Å²) in [5.41, 5.74) is 0.928. The van der Waals surface area contributed by atoms with Crippen LogP contribution in [0.3, 0.4) is 0 Å². The van der Waals surface area contributed by atoms with E-state index in [1.807, 2.05) is 49.4 Å². The summed E-state index contributed by atoms with van der Waals surface area (Å²) < 4.78 is 10.9. The third-order valence-electron chi connectivity index (χ3n) is 4.21. The lowest BCUT2D eigenvalue weighted by Gasteiger charge is -2.27. The number of aromatic amines is 1. The molecule has 1 saturated heterocycles. The van der Waals surface area contributed by atoms with Crippen molar-refractivity contribution in [2.24, 2.45) is 0 Å². The van der Waals surface area contributed by atoms with E-state index in [1.165, 1.54) is 0 Å². The largest absolute Gasteiger partial charge is 0.373 e. The van der Waals surface area contributed by atoms with Gasteiger partial charge in [-0.1, -0.05) is 42.5 Å². The van der Waals surface area contributed by atoms with Crippen LogP contribution in [-0.4, -0.2) is 46.5 Å². The highest BCUT2D eigenvalue weighted by atomic mass is 16.6. The number of H-pyrrole nitrogens is 1. The van der Waals surface area contributed by atoms with Gasteiger partial charge >= 0.3 is 0 Å². The van der Waals surface area contributed by atoms with E-state index in [2.05, 4.69) is 20.5 Å². The molecule has 0 spiro atoms. The molecule has 128 valence electrons. The maximum Gasteiger partial charge on any atom is 0.258 e. The first kappa shape index (κ1) is 15.7. The van der Waals surface area contributed by atoms with Crippen molar-refractivity contribution >= 4 is 22.6 Å². The Balaban J connectivity index is 1.57. The van der Waals surface area contributed by atoms with Gasteiger partial charge in [0.05, 0.1) is 19.3 Å². The topological polar surface area (TPSA) is 89.1 Å². The van der Waals surface area contributed by atoms with Crippen molar-refractivity contribution in [1.82, 2.24) is 15.2 Å². The summed E-state index contributed by atoms with van der Waals surface area (Å²) in [6.45, 7) is 2.71. The maximum atomic E-state index is 12.3. The number of amides is 1. The summed E-state index contributed by atoms with van der Waals surface area (Å²) in [4.78, 5) is 16.7. The average Bonchev–Trinajstić information content (AvgIpc) is 3.10. The molecular weight excluding hydrogens is 320 g/mol. The Bertz CT molecular complexity index is 903. The molecule has 0 unspecified atom stereocenters. The molecule has 2 aromatic carbocycles. The van der Waals surface area contributed by atoms with Crippen molar-refractivity contribution in [3.05, 3.63) is 42.5 Å². The number of rotatable bonds is 3. The summed E-state index contributed by atoms with van der Waals surface area (Å²) in [7, 11) is 0. The van der Waals surface area contributed by atoms with Gasteiger partial charge in [0.15, 0.2) is 11.9 Å². The van der Waals surface area contributed by atoms with Crippen LogP contribution in [-0.2, 0) is 14.3 Å². The van der Waals surface area contributed by atoms with Crippen LogP contribution in [0.4, 0.5) is 5.95 Å². The third-order valence-corrected chi connectivity index (χ3v) is 4.21. The van der Waals surface area contributed by atoms with E-state index in [0.29, 0.717) is 19.0 Å². The van der Waals surface area contributed by atoms with Crippen molar-refractivity contribution in [2.75, 3.05) is 18.5 Å². The van der Waals surface area contributed by atoms with Crippen LogP contribution < -0.4 is 5.32 Å². The Hall–Kier alpha value is -2.77. The quantitative estimate of drug-likeness (QED) is 0.765. The number of aromatic nitrogens is 3. The van der Waals surface area contributed by atoms with E-state index in [0.717, 1.165) is 16.3 Å². The summed E-state index contributed by atoms with van der Waals surface area (Å²) in [6.07, 6.45) is -0.960. The number of carbonyl (C=O) groups excluding carboxylic acids is 1. The lowest BCUT2D eigenvalue weighted by molar-refractivity contribution is -0.157. The van der Waals surface area contributed by atoms with Crippen LogP contribution in [0, 0.1) is 0 Å². The van der Waals surface area contributed by atoms with Gasteiger partial charge in [0.25, 0.3) is 5.91 Å². The van der Waals surface area contributed by atoms with E-state index in [1.54, 1.807) is 0 Å². The molecule has 0 saturated carbocycles. The van der Waals surface area contributed by atoms with Crippen molar-refractivity contribution < 1.29 is 14.3 Å². The molecule has 0 radical (unpaired) electrons. The van der Waals surface area contributed by atoms with E-state index >= 15 is 0 Å². The Morgan fingerprint density at radius 1 is 1.16 bits per heavy atom. The van der Waals surface area contributed by atoms with Crippen LogP contribution >= 0.6 is 0 Å². The number of hydrogen-bond acceptors (Lipinski definition) is 5. The highest BCUT2D eigenvalue weighted by molar-refractivity contribution is 5.96. The molecule has 7 heteroatoms. The lowest BCUT2D eigenvalue weighted by Crippen LogP contribution is -2.44. The second kappa shape index (κ2) is 6.62. The molecule has 4 rings (SSSR count). The third kappa shape index (κ3) is 3.11. The van der Waals surface area contributed by atoms with Gasteiger partial charge in [0, 0.05) is 5.56 Å². The molecule has 25 heavy (non-hydrogen) atoms. The molecule has 2 N–H and O–H groups in total. The number of benzene rings is 2.